The molecule has 0 N–H and O–H groups in total. The summed E-state index contributed by atoms with van der Waals surface area (Å²) in [6.07, 6.45) is 8.67. The molecule has 2 aliphatic rings. The number of hydrogen-bond donors (Lipinski definition) is 2. The molecule has 2 rings (SSSR count). The SMILES string of the molecule is C1CC[SH](O[SH]2CCCCC2)CC1. The molecular formula is C10H22OS2. The highest BCUT2D eigenvalue weighted by molar-refractivity contribution is 8.25. The minimum atomic E-state index is 0.0342. The first-order valence-electron chi connectivity index (χ1n) is 5.63. The Labute approximate surface area is 87.7 Å². The normalized spacial score (nSPS) is 30.5. The van der Waals surface area contributed by atoms with Crippen LogP contribution in [-0.2, 0) is 3.63 Å². The Morgan fingerprint density at radius 1 is 0.538 bits per heavy atom. The van der Waals surface area contributed by atoms with Gasteiger partial charge < -0.3 is 0 Å². The fourth-order valence-electron chi connectivity index (χ4n) is 2.06. The summed E-state index contributed by atoms with van der Waals surface area (Å²) in [6, 6.07) is 0. The third kappa shape index (κ3) is 3.37. The van der Waals surface area contributed by atoms with Gasteiger partial charge >= 0.3 is 0 Å². The van der Waals surface area contributed by atoms with Gasteiger partial charge in [-0.2, -0.15) is 0 Å². The van der Waals surface area contributed by atoms with E-state index in [9.17, 15) is 0 Å². The van der Waals surface area contributed by atoms with Crippen LogP contribution in [0.15, 0.2) is 0 Å². The highest BCUT2D eigenvalue weighted by Gasteiger charge is 2.16. The van der Waals surface area contributed by atoms with Crippen molar-refractivity contribution in [2.45, 2.75) is 38.5 Å². The first-order chi connectivity index (χ1) is 6.45. The van der Waals surface area contributed by atoms with Crippen molar-refractivity contribution in [1.82, 2.24) is 0 Å². The zero-order valence-corrected chi connectivity index (χ0v) is 10.2. The van der Waals surface area contributed by atoms with Crippen LogP contribution in [0.25, 0.3) is 0 Å². The van der Waals surface area contributed by atoms with Gasteiger partial charge in [-0.3, -0.25) is 3.63 Å². The van der Waals surface area contributed by atoms with Crippen LogP contribution < -0.4 is 0 Å². The Hall–Kier alpha value is 0.660. The maximum Gasteiger partial charge on any atom is -0.00254 e. The molecule has 2 saturated heterocycles. The lowest BCUT2D eigenvalue weighted by Crippen LogP contribution is -2.09. The van der Waals surface area contributed by atoms with Gasteiger partial charge in [-0.25, -0.2) is 0 Å². The van der Waals surface area contributed by atoms with Crippen LogP contribution in [0.4, 0.5) is 0 Å². The first-order valence-corrected chi connectivity index (χ1v) is 8.89. The van der Waals surface area contributed by atoms with Crippen LogP contribution in [0.5, 0.6) is 0 Å². The Kier molecular flexibility index (Phi) is 4.32. The largest absolute Gasteiger partial charge is 0.296 e. The molecule has 13 heavy (non-hydrogen) atoms. The van der Waals surface area contributed by atoms with Crippen LogP contribution in [0.3, 0.4) is 0 Å². The molecule has 0 bridgehead atoms. The highest BCUT2D eigenvalue weighted by atomic mass is 32.3. The Morgan fingerprint density at radius 2 is 0.923 bits per heavy atom. The lowest BCUT2D eigenvalue weighted by molar-refractivity contribution is 0.645. The molecule has 2 heterocycles. The standard InChI is InChI=1S/C10H22OS2/c1-3-7-12(8-4-1)11-13-9-5-2-6-10-13/h12-13H,1-10H2. The van der Waals surface area contributed by atoms with Crippen molar-refractivity contribution in [3.05, 3.63) is 0 Å². The molecule has 0 spiro atoms. The second-order valence-electron chi connectivity index (χ2n) is 4.06. The maximum absolute atomic E-state index is 6.26. The lowest BCUT2D eigenvalue weighted by Gasteiger charge is -2.34. The van der Waals surface area contributed by atoms with Gasteiger partial charge in [0, 0.05) is 0 Å². The Balaban J connectivity index is 1.69. The van der Waals surface area contributed by atoms with E-state index in [-0.39, 0.29) is 22.4 Å². The molecule has 0 saturated carbocycles. The summed E-state index contributed by atoms with van der Waals surface area (Å²) in [4.78, 5) is 0. The molecule has 0 atom stereocenters. The van der Waals surface area contributed by atoms with E-state index < -0.39 is 0 Å². The average Bonchev–Trinajstić information content (AvgIpc) is 2.21. The summed E-state index contributed by atoms with van der Waals surface area (Å²) < 4.78 is 6.26. The minimum absolute atomic E-state index is 0.0342. The molecule has 0 aromatic heterocycles. The summed E-state index contributed by atoms with van der Waals surface area (Å²) in [6.45, 7) is 0. The Bertz CT molecular complexity index is 124. The summed E-state index contributed by atoms with van der Waals surface area (Å²) >= 11 is 0.0684. The van der Waals surface area contributed by atoms with Crippen molar-refractivity contribution < 1.29 is 3.63 Å². The van der Waals surface area contributed by atoms with E-state index in [1.807, 2.05) is 0 Å². The van der Waals surface area contributed by atoms with Crippen LogP contribution >= 0.6 is 22.4 Å². The quantitative estimate of drug-likeness (QED) is 0.682. The fourth-order valence-corrected chi connectivity index (χ4v) is 7.42. The van der Waals surface area contributed by atoms with Crippen molar-refractivity contribution in [1.29, 1.82) is 0 Å². The maximum atomic E-state index is 6.26. The number of thiol groups is 2. The summed E-state index contributed by atoms with van der Waals surface area (Å²) in [7, 11) is 0. The molecule has 1 nitrogen and oxygen atoms in total. The molecule has 0 radical (unpaired) electrons. The van der Waals surface area contributed by atoms with Crippen LogP contribution in [0.2, 0.25) is 0 Å². The van der Waals surface area contributed by atoms with E-state index >= 15 is 0 Å². The summed E-state index contributed by atoms with van der Waals surface area (Å²) in [5.41, 5.74) is 0. The third-order valence-corrected chi connectivity index (χ3v) is 7.97. The van der Waals surface area contributed by atoms with Crippen molar-refractivity contribution in [3.63, 3.8) is 0 Å². The lowest BCUT2D eigenvalue weighted by atomic mass is 10.3. The zero-order valence-electron chi connectivity index (χ0n) is 8.37. The minimum Gasteiger partial charge on any atom is -0.296 e. The Morgan fingerprint density at radius 3 is 1.31 bits per heavy atom. The van der Waals surface area contributed by atoms with Gasteiger partial charge in [0.2, 0.25) is 0 Å². The van der Waals surface area contributed by atoms with E-state index in [0.29, 0.717) is 0 Å². The van der Waals surface area contributed by atoms with E-state index in [2.05, 4.69) is 0 Å². The van der Waals surface area contributed by atoms with Crippen LogP contribution in [-0.4, -0.2) is 23.0 Å². The highest BCUT2D eigenvalue weighted by Crippen LogP contribution is 2.46. The molecular weight excluding hydrogens is 200 g/mol. The molecule has 0 amide bonds. The topological polar surface area (TPSA) is 9.23 Å². The van der Waals surface area contributed by atoms with Gasteiger partial charge in [0.1, 0.15) is 0 Å². The van der Waals surface area contributed by atoms with E-state index in [1.54, 1.807) is 0 Å². The smallest absolute Gasteiger partial charge is 0.00254 e. The molecule has 80 valence electrons. The van der Waals surface area contributed by atoms with Gasteiger partial charge in [0.15, 0.2) is 0 Å². The zero-order chi connectivity index (χ0) is 8.93. The van der Waals surface area contributed by atoms with Gasteiger partial charge in [0.25, 0.3) is 0 Å². The number of rotatable bonds is 2. The first kappa shape index (κ1) is 10.2. The molecule has 3 heteroatoms. The summed E-state index contributed by atoms with van der Waals surface area (Å²) in [5, 5.41) is 0. The molecule has 0 aromatic rings. The van der Waals surface area contributed by atoms with E-state index in [4.69, 9.17) is 3.63 Å². The number of hydrogen-bond acceptors (Lipinski definition) is 1. The summed E-state index contributed by atoms with van der Waals surface area (Å²) in [5.74, 6) is 5.64. The van der Waals surface area contributed by atoms with Crippen molar-refractivity contribution in [2.24, 2.45) is 0 Å². The second-order valence-corrected chi connectivity index (χ2v) is 8.43. The second kappa shape index (κ2) is 5.52. The van der Waals surface area contributed by atoms with Gasteiger partial charge in [-0.1, -0.05) is 12.8 Å². The van der Waals surface area contributed by atoms with Crippen molar-refractivity contribution >= 4 is 22.4 Å². The van der Waals surface area contributed by atoms with Crippen molar-refractivity contribution in [2.75, 3.05) is 23.0 Å². The average molecular weight is 222 g/mol. The molecule has 2 aliphatic heterocycles. The molecule has 2 fully saturated rings. The predicted octanol–water partition coefficient (Wildman–Crippen LogP) is 3.20. The van der Waals surface area contributed by atoms with Crippen LogP contribution in [0.1, 0.15) is 38.5 Å². The fraction of sp³-hybridized carbons (Fsp3) is 1.00. The van der Waals surface area contributed by atoms with Crippen LogP contribution in [0, 0.1) is 0 Å². The predicted molar refractivity (Wildman–Crippen MR) is 66.2 cm³/mol. The third-order valence-electron chi connectivity index (χ3n) is 2.86. The monoisotopic (exact) mass is 222 g/mol. The molecule has 0 unspecified atom stereocenters. The van der Waals surface area contributed by atoms with Crippen molar-refractivity contribution in [3.8, 4) is 0 Å². The van der Waals surface area contributed by atoms with Gasteiger partial charge in [0.05, 0.1) is 0 Å². The molecule has 0 aromatic carbocycles. The van der Waals surface area contributed by atoms with Gasteiger partial charge in [-0.15, -0.1) is 22.4 Å². The van der Waals surface area contributed by atoms with E-state index in [0.717, 1.165) is 0 Å². The molecule has 0 aliphatic carbocycles. The van der Waals surface area contributed by atoms with E-state index in [1.165, 1.54) is 61.5 Å². The van der Waals surface area contributed by atoms with Gasteiger partial charge in [-0.05, 0) is 48.7 Å².